The fourth-order valence-electron chi connectivity index (χ4n) is 2.51. The summed E-state index contributed by atoms with van der Waals surface area (Å²) in [5.74, 6) is -0.437. The van der Waals surface area contributed by atoms with Crippen LogP contribution in [0.2, 0.25) is 0 Å². The highest BCUT2D eigenvalue weighted by Crippen LogP contribution is 2.21. The van der Waals surface area contributed by atoms with Crippen molar-refractivity contribution in [2.24, 2.45) is 5.10 Å². The standard InChI is InChI=1S/C21H20N4O3S/c1-17-10-12-18(13-11-17)15-23-24-21(26)16-25(20-9-5-6-14-22-20)29(27,28)19-7-3-2-4-8-19/h2-15H,16H2,1H3,(H,24,26)/b23-15-. The van der Waals surface area contributed by atoms with Crippen molar-refractivity contribution in [3.63, 3.8) is 0 Å². The average molecular weight is 408 g/mol. The van der Waals surface area contributed by atoms with E-state index in [0.29, 0.717) is 0 Å². The lowest BCUT2D eigenvalue weighted by Crippen LogP contribution is -2.40. The minimum atomic E-state index is -3.97. The highest BCUT2D eigenvalue weighted by molar-refractivity contribution is 7.92. The minimum absolute atomic E-state index is 0.0709. The third kappa shape index (κ3) is 5.26. The van der Waals surface area contributed by atoms with Crippen LogP contribution in [0.25, 0.3) is 0 Å². The first kappa shape index (κ1) is 20.2. The van der Waals surface area contributed by atoms with Crippen LogP contribution in [0.5, 0.6) is 0 Å². The van der Waals surface area contributed by atoms with E-state index in [-0.39, 0.29) is 10.7 Å². The zero-order valence-corrected chi connectivity index (χ0v) is 16.6. The molecule has 0 aliphatic carbocycles. The maximum atomic E-state index is 13.1. The highest BCUT2D eigenvalue weighted by Gasteiger charge is 2.27. The molecule has 1 aromatic heterocycles. The van der Waals surface area contributed by atoms with Gasteiger partial charge in [-0.1, -0.05) is 54.1 Å². The summed E-state index contributed by atoms with van der Waals surface area (Å²) in [5, 5.41) is 3.91. The zero-order valence-electron chi connectivity index (χ0n) is 15.8. The number of hydrazone groups is 1. The Bertz CT molecular complexity index is 1080. The summed E-state index contributed by atoms with van der Waals surface area (Å²) in [6, 6.07) is 20.3. The number of anilines is 1. The molecule has 1 N–H and O–H groups in total. The summed E-state index contributed by atoms with van der Waals surface area (Å²) in [4.78, 5) is 16.5. The first-order valence-corrected chi connectivity index (χ1v) is 10.3. The van der Waals surface area contributed by atoms with E-state index in [0.717, 1.165) is 15.4 Å². The largest absolute Gasteiger partial charge is 0.271 e. The molecule has 0 saturated carbocycles. The fraction of sp³-hybridized carbons (Fsp3) is 0.0952. The van der Waals surface area contributed by atoms with Crippen LogP contribution in [0, 0.1) is 6.92 Å². The van der Waals surface area contributed by atoms with E-state index in [2.05, 4.69) is 15.5 Å². The first-order valence-electron chi connectivity index (χ1n) is 8.84. The third-order valence-electron chi connectivity index (χ3n) is 4.00. The molecule has 0 aliphatic heterocycles. The van der Waals surface area contributed by atoms with Crippen LogP contribution in [0.15, 0.2) is 89.0 Å². The van der Waals surface area contributed by atoms with E-state index in [9.17, 15) is 13.2 Å². The quantitative estimate of drug-likeness (QED) is 0.481. The number of pyridine rings is 1. The first-order chi connectivity index (χ1) is 14.0. The zero-order chi connectivity index (χ0) is 20.7. The van der Waals surface area contributed by atoms with Crippen LogP contribution in [0.1, 0.15) is 11.1 Å². The van der Waals surface area contributed by atoms with Crippen LogP contribution in [0.4, 0.5) is 5.82 Å². The van der Waals surface area contributed by atoms with Gasteiger partial charge in [-0.2, -0.15) is 5.10 Å². The number of rotatable bonds is 7. The summed E-state index contributed by atoms with van der Waals surface area (Å²) in [6.45, 7) is 1.52. The second kappa shape index (κ2) is 9.11. The molecule has 0 aliphatic rings. The normalized spacial score (nSPS) is 11.3. The maximum Gasteiger partial charge on any atom is 0.265 e. The predicted octanol–water partition coefficient (Wildman–Crippen LogP) is 2.74. The SMILES string of the molecule is Cc1ccc(/C=N\NC(=O)CN(c2ccccn2)S(=O)(=O)c2ccccc2)cc1. The number of amides is 1. The van der Waals surface area contributed by atoms with E-state index in [1.54, 1.807) is 30.3 Å². The number of sulfonamides is 1. The molecule has 0 atom stereocenters. The molecular formula is C21H20N4O3S. The summed E-state index contributed by atoms with van der Waals surface area (Å²) < 4.78 is 27.1. The van der Waals surface area contributed by atoms with Crippen LogP contribution in [-0.2, 0) is 14.8 Å². The van der Waals surface area contributed by atoms with Gasteiger partial charge in [-0.15, -0.1) is 0 Å². The second-order valence-electron chi connectivity index (χ2n) is 6.22. The Balaban J connectivity index is 1.78. The lowest BCUT2D eigenvalue weighted by Gasteiger charge is -2.22. The molecule has 0 bridgehead atoms. The van der Waals surface area contributed by atoms with Crippen molar-refractivity contribution < 1.29 is 13.2 Å². The Morgan fingerprint density at radius 3 is 2.38 bits per heavy atom. The fourth-order valence-corrected chi connectivity index (χ4v) is 3.90. The molecule has 1 amide bonds. The van der Waals surface area contributed by atoms with Crippen molar-refractivity contribution in [2.45, 2.75) is 11.8 Å². The average Bonchev–Trinajstić information content (AvgIpc) is 2.74. The molecule has 148 valence electrons. The highest BCUT2D eigenvalue weighted by atomic mass is 32.2. The molecule has 3 aromatic rings. The number of nitrogens with zero attached hydrogens (tertiary/aromatic N) is 3. The monoisotopic (exact) mass is 408 g/mol. The molecule has 0 fully saturated rings. The summed E-state index contributed by atoms with van der Waals surface area (Å²) in [6.07, 6.45) is 2.96. The second-order valence-corrected chi connectivity index (χ2v) is 8.08. The van der Waals surface area contributed by atoms with Crippen molar-refractivity contribution in [1.82, 2.24) is 10.4 Å². The van der Waals surface area contributed by atoms with Gasteiger partial charge in [-0.25, -0.2) is 23.1 Å². The van der Waals surface area contributed by atoms with Crippen molar-refractivity contribution in [2.75, 3.05) is 10.8 Å². The summed E-state index contributed by atoms with van der Waals surface area (Å²) in [7, 11) is -3.97. The van der Waals surface area contributed by atoms with E-state index in [1.807, 2.05) is 31.2 Å². The Morgan fingerprint density at radius 1 is 1.03 bits per heavy atom. The van der Waals surface area contributed by atoms with Gasteiger partial charge in [0.15, 0.2) is 0 Å². The minimum Gasteiger partial charge on any atom is -0.271 e. The Labute approximate surface area is 169 Å². The van der Waals surface area contributed by atoms with Crippen LogP contribution in [0.3, 0.4) is 0 Å². The summed E-state index contributed by atoms with van der Waals surface area (Å²) in [5.41, 5.74) is 4.29. The lowest BCUT2D eigenvalue weighted by molar-refractivity contribution is -0.119. The number of carbonyl (C=O) groups is 1. The van der Waals surface area contributed by atoms with Crippen molar-refractivity contribution in [3.05, 3.63) is 90.1 Å². The van der Waals surface area contributed by atoms with Crippen molar-refractivity contribution >= 4 is 28.0 Å². The van der Waals surface area contributed by atoms with Crippen LogP contribution in [-0.4, -0.2) is 32.1 Å². The number of aryl methyl sites for hydroxylation is 1. The van der Waals surface area contributed by atoms with Gasteiger partial charge < -0.3 is 0 Å². The predicted molar refractivity (Wildman–Crippen MR) is 112 cm³/mol. The molecule has 2 aromatic carbocycles. The number of hydrogen-bond donors (Lipinski definition) is 1. The van der Waals surface area contributed by atoms with E-state index < -0.39 is 22.5 Å². The molecule has 29 heavy (non-hydrogen) atoms. The van der Waals surface area contributed by atoms with E-state index >= 15 is 0 Å². The van der Waals surface area contributed by atoms with Crippen molar-refractivity contribution in [1.29, 1.82) is 0 Å². The Kier molecular flexibility index (Phi) is 6.36. The van der Waals surface area contributed by atoms with Gasteiger partial charge in [-0.3, -0.25) is 4.79 Å². The van der Waals surface area contributed by atoms with Gasteiger partial charge in [0.2, 0.25) is 0 Å². The van der Waals surface area contributed by atoms with Crippen LogP contribution < -0.4 is 9.73 Å². The number of carbonyl (C=O) groups excluding carboxylic acids is 1. The molecular weight excluding hydrogens is 388 g/mol. The number of benzene rings is 2. The van der Waals surface area contributed by atoms with Gasteiger partial charge in [-0.05, 0) is 36.8 Å². The van der Waals surface area contributed by atoms with E-state index in [1.165, 1.54) is 30.6 Å². The number of hydrogen-bond acceptors (Lipinski definition) is 5. The van der Waals surface area contributed by atoms with E-state index in [4.69, 9.17) is 0 Å². The van der Waals surface area contributed by atoms with Gasteiger partial charge in [0.25, 0.3) is 15.9 Å². The van der Waals surface area contributed by atoms with Gasteiger partial charge in [0.05, 0.1) is 11.1 Å². The smallest absolute Gasteiger partial charge is 0.265 e. The molecule has 0 spiro atoms. The molecule has 1 heterocycles. The molecule has 3 rings (SSSR count). The lowest BCUT2D eigenvalue weighted by atomic mass is 10.2. The van der Waals surface area contributed by atoms with Crippen LogP contribution >= 0.6 is 0 Å². The molecule has 0 saturated heterocycles. The van der Waals surface area contributed by atoms with Gasteiger partial charge in [0.1, 0.15) is 12.4 Å². The third-order valence-corrected chi connectivity index (χ3v) is 5.77. The molecule has 0 unspecified atom stereocenters. The Hall–Kier alpha value is -3.52. The molecule has 0 radical (unpaired) electrons. The van der Waals surface area contributed by atoms with Gasteiger partial charge in [0, 0.05) is 6.20 Å². The topological polar surface area (TPSA) is 91.7 Å². The van der Waals surface area contributed by atoms with Gasteiger partial charge >= 0.3 is 0 Å². The number of aromatic nitrogens is 1. The number of nitrogens with one attached hydrogen (secondary N) is 1. The Morgan fingerprint density at radius 2 is 1.72 bits per heavy atom. The molecule has 8 heteroatoms. The molecule has 7 nitrogen and oxygen atoms in total. The maximum absolute atomic E-state index is 13.1. The van der Waals surface area contributed by atoms with Crippen molar-refractivity contribution in [3.8, 4) is 0 Å². The summed E-state index contributed by atoms with van der Waals surface area (Å²) >= 11 is 0.